The van der Waals surface area contributed by atoms with Crippen LogP contribution < -0.4 is 0 Å². The van der Waals surface area contributed by atoms with E-state index >= 15 is 0 Å². The molecule has 2 rings (SSSR count). The van der Waals surface area contributed by atoms with Gasteiger partial charge in [0.2, 0.25) is 0 Å². The molecule has 2 aliphatic rings. The highest BCUT2D eigenvalue weighted by Crippen LogP contribution is 2.47. The minimum atomic E-state index is -5.99. The molecule has 0 spiro atoms. The maximum atomic E-state index is 13.6. The van der Waals surface area contributed by atoms with E-state index in [-0.39, 0.29) is 12.3 Å². The Morgan fingerprint density at radius 3 is 2.16 bits per heavy atom. The van der Waals surface area contributed by atoms with Gasteiger partial charge in [-0.3, -0.25) is 0 Å². The van der Waals surface area contributed by atoms with Crippen molar-refractivity contribution in [2.45, 2.75) is 88.6 Å². The first-order valence-electron chi connectivity index (χ1n) is 11.0. The second kappa shape index (κ2) is 11.8. The topological polar surface area (TPSA) is 27.7 Å². The minimum absolute atomic E-state index is 0.264. The number of hydrogen-bond acceptors (Lipinski definition) is 3. The van der Waals surface area contributed by atoms with Crippen LogP contribution in [0.1, 0.15) is 58.3 Å². The number of halogens is 7. The summed E-state index contributed by atoms with van der Waals surface area (Å²) in [5.41, 5.74) is 0.507. The third kappa shape index (κ3) is 6.93. The van der Waals surface area contributed by atoms with Crippen LogP contribution in [0.25, 0.3) is 0 Å². The molecule has 3 nitrogen and oxygen atoms in total. The van der Waals surface area contributed by atoms with Crippen LogP contribution in [0.15, 0.2) is 23.8 Å². The highest BCUT2D eigenvalue weighted by molar-refractivity contribution is 5.27. The lowest BCUT2D eigenvalue weighted by molar-refractivity contribution is -0.405. The standard InChI is InChI=1S/C22H31F7O3/c1-2-3-4-5-6-7-8-16-13-30-19(31-14-16)17-9-11-18(12-10-17)32-22(28,29)21(26,27)20(24,25)15-23/h9-11,16,18-19H,2-8,12-15H2,1H3. The fourth-order valence-corrected chi connectivity index (χ4v) is 3.56. The van der Waals surface area contributed by atoms with Crippen LogP contribution in [-0.4, -0.2) is 50.2 Å². The predicted molar refractivity (Wildman–Crippen MR) is 105 cm³/mol. The third-order valence-corrected chi connectivity index (χ3v) is 5.59. The van der Waals surface area contributed by atoms with Gasteiger partial charge < -0.3 is 14.2 Å². The van der Waals surface area contributed by atoms with Gasteiger partial charge in [0.15, 0.2) is 13.0 Å². The van der Waals surface area contributed by atoms with Crippen LogP contribution in [0, 0.1) is 5.92 Å². The van der Waals surface area contributed by atoms with Crippen LogP contribution in [-0.2, 0) is 14.2 Å². The predicted octanol–water partition coefficient (Wildman–Crippen LogP) is 6.83. The quantitative estimate of drug-likeness (QED) is 0.215. The van der Waals surface area contributed by atoms with Crippen molar-refractivity contribution in [2.24, 2.45) is 5.92 Å². The van der Waals surface area contributed by atoms with Gasteiger partial charge in [0, 0.05) is 11.5 Å². The van der Waals surface area contributed by atoms with Crippen molar-refractivity contribution >= 4 is 0 Å². The van der Waals surface area contributed by atoms with E-state index in [0.717, 1.165) is 25.3 Å². The summed E-state index contributed by atoms with van der Waals surface area (Å²) in [6.07, 6.45) is 3.77. The second-order valence-corrected chi connectivity index (χ2v) is 8.31. The van der Waals surface area contributed by atoms with Crippen molar-refractivity contribution in [3.63, 3.8) is 0 Å². The van der Waals surface area contributed by atoms with Gasteiger partial charge in [-0.15, -0.1) is 0 Å². The molecule has 32 heavy (non-hydrogen) atoms. The molecule has 0 bridgehead atoms. The molecule has 0 radical (unpaired) electrons. The summed E-state index contributed by atoms with van der Waals surface area (Å²) in [7, 11) is 0. The lowest BCUT2D eigenvalue weighted by Gasteiger charge is -2.34. The van der Waals surface area contributed by atoms with Crippen LogP contribution >= 0.6 is 0 Å². The molecule has 1 fully saturated rings. The average Bonchev–Trinajstić information content (AvgIpc) is 2.76. The summed E-state index contributed by atoms with van der Waals surface area (Å²) >= 11 is 0. The number of rotatable bonds is 13. The second-order valence-electron chi connectivity index (χ2n) is 8.31. The van der Waals surface area contributed by atoms with E-state index in [4.69, 9.17) is 9.47 Å². The maximum Gasteiger partial charge on any atom is 0.426 e. The first-order chi connectivity index (χ1) is 15.0. The molecule has 0 aromatic heterocycles. The molecular weight excluding hydrogens is 445 g/mol. The van der Waals surface area contributed by atoms with Crippen LogP contribution in [0.3, 0.4) is 0 Å². The first kappa shape index (κ1) is 27.1. The van der Waals surface area contributed by atoms with Crippen LogP contribution in [0.4, 0.5) is 30.7 Å². The van der Waals surface area contributed by atoms with E-state index in [9.17, 15) is 30.7 Å². The van der Waals surface area contributed by atoms with E-state index in [0.29, 0.717) is 18.8 Å². The molecule has 186 valence electrons. The van der Waals surface area contributed by atoms with Gasteiger partial charge in [-0.05, 0) is 12.8 Å². The number of hydrogen-bond donors (Lipinski definition) is 0. The zero-order valence-corrected chi connectivity index (χ0v) is 18.1. The SMILES string of the molecule is CCCCCCCCC1COC(C2=CCC(OC(F)(F)C(F)(F)C(F)(F)CF)C=C2)OC1. The molecule has 10 heteroatoms. The molecule has 1 aliphatic heterocycles. The smallest absolute Gasteiger partial charge is 0.348 e. The molecule has 0 amide bonds. The highest BCUT2D eigenvalue weighted by atomic mass is 19.4. The molecule has 1 unspecified atom stereocenters. The summed E-state index contributed by atoms with van der Waals surface area (Å²) in [6, 6.07) is 0. The molecule has 0 N–H and O–H groups in total. The van der Waals surface area contributed by atoms with Gasteiger partial charge in [0.25, 0.3) is 0 Å². The Kier molecular flexibility index (Phi) is 10.0. The third-order valence-electron chi connectivity index (χ3n) is 5.59. The monoisotopic (exact) mass is 476 g/mol. The van der Waals surface area contributed by atoms with Crippen molar-refractivity contribution in [1.29, 1.82) is 0 Å². The molecule has 1 aliphatic carbocycles. The van der Waals surface area contributed by atoms with Gasteiger partial charge in [-0.25, -0.2) is 4.39 Å². The fraction of sp³-hybridized carbons (Fsp3) is 0.818. The van der Waals surface area contributed by atoms with Gasteiger partial charge in [-0.1, -0.05) is 63.7 Å². The zero-order chi connectivity index (χ0) is 23.8. The molecule has 0 aromatic carbocycles. The van der Waals surface area contributed by atoms with Gasteiger partial charge in [0.1, 0.15) is 0 Å². The Hall–Kier alpha value is -1.13. The molecule has 1 atom stereocenters. The number of ether oxygens (including phenoxy) is 3. The fourth-order valence-electron chi connectivity index (χ4n) is 3.56. The minimum Gasteiger partial charge on any atom is -0.348 e. The van der Waals surface area contributed by atoms with E-state index in [2.05, 4.69) is 11.7 Å². The number of unbranched alkanes of at least 4 members (excludes halogenated alkanes) is 5. The summed E-state index contributed by atoms with van der Waals surface area (Å²) in [5.74, 6) is -11.3. The van der Waals surface area contributed by atoms with Crippen LogP contribution in [0.5, 0.6) is 0 Å². The summed E-state index contributed by atoms with van der Waals surface area (Å²) in [4.78, 5) is 0. The van der Waals surface area contributed by atoms with E-state index in [1.165, 1.54) is 37.8 Å². The van der Waals surface area contributed by atoms with Crippen molar-refractivity contribution in [2.75, 3.05) is 19.9 Å². The van der Waals surface area contributed by atoms with E-state index in [1.54, 1.807) is 0 Å². The molecule has 0 aromatic rings. The lowest BCUT2D eigenvalue weighted by Crippen LogP contribution is -2.57. The molecule has 1 heterocycles. The van der Waals surface area contributed by atoms with Gasteiger partial charge in [0.05, 0.1) is 19.3 Å². The van der Waals surface area contributed by atoms with Crippen molar-refractivity contribution in [3.05, 3.63) is 23.8 Å². The summed E-state index contributed by atoms with van der Waals surface area (Å²) < 4.78 is 107. The zero-order valence-electron chi connectivity index (χ0n) is 18.1. The van der Waals surface area contributed by atoms with Crippen molar-refractivity contribution < 1.29 is 44.9 Å². The van der Waals surface area contributed by atoms with Crippen molar-refractivity contribution in [1.82, 2.24) is 0 Å². The largest absolute Gasteiger partial charge is 0.426 e. The highest BCUT2D eigenvalue weighted by Gasteiger charge is 2.73. The maximum absolute atomic E-state index is 13.6. The Morgan fingerprint density at radius 1 is 0.969 bits per heavy atom. The Bertz CT molecular complexity index is 629. The average molecular weight is 476 g/mol. The van der Waals surface area contributed by atoms with E-state index in [1.807, 2.05) is 0 Å². The lowest BCUT2D eigenvalue weighted by atomic mass is 10.00. The number of alkyl halides is 7. The molecule has 1 saturated heterocycles. The van der Waals surface area contributed by atoms with Gasteiger partial charge >= 0.3 is 18.0 Å². The summed E-state index contributed by atoms with van der Waals surface area (Å²) in [6.45, 7) is 0.196. The van der Waals surface area contributed by atoms with Gasteiger partial charge in [-0.2, -0.15) is 26.3 Å². The molecule has 0 saturated carbocycles. The Balaban J connectivity index is 1.76. The molecular formula is C22H31F7O3. The first-order valence-corrected chi connectivity index (χ1v) is 11.0. The van der Waals surface area contributed by atoms with Crippen LogP contribution in [0.2, 0.25) is 0 Å². The Morgan fingerprint density at radius 2 is 1.59 bits per heavy atom. The summed E-state index contributed by atoms with van der Waals surface area (Å²) in [5, 5.41) is 0. The normalized spacial score (nSPS) is 25.1. The van der Waals surface area contributed by atoms with E-state index < -0.39 is 37.0 Å². The van der Waals surface area contributed by atoms with Crippen molar-refractivity contribution in [3.8, 4) is 0 Å². The Labute approximate surface area is 184 Å².